The number of carbonyl (C=O) groups is 1. The summed E-state index contributed by atoms with van der Waals surface area (Å²) in [5.74, 6) is 1.07. The minimum atomic E-state index is -0.205. The van der Waals surface area contributed by atoms with Gasteiger partial charge in [-0.25, -0.2) is 9.97 Å². The molecule has 0 aliphatic heterocycles. The number of anilines is 1. The molecule has 2 aromatic rings. The van der Waals surface area contributed by atoms with Gasteiger partial charge in [0.1, 0.15) is 11.4 Å². The molecule has 1 aromatic carbocycles. The van der Waals surface area contributed by atoms with Gasteiger partial charge >= 0.3 is 0 Å². The number of aryl methyl sites for hydroxylation is 1. The highest BCUT2D eigenvalue weighted by molar-refractivity contribution is 5.92. The van der Waals surface area contributed by atoms with E-state index in [4.69, 9.17) is 9.47 Å². The maximum Gasteiger partial charge on any atom is 0.270 e. The summed E-state index contributed by atoms with van der Waals surface area (Å²) in [6.45, 7) is 3.73. The van der Waals surface area contributed by atoms with E-state index in [2.05, 4.69) is 20.6 Å². The Bertz CT molecular complexity index is 704. The average Bonchev–Trinajstić information content (AvgIpc) is 2.65. The van der Waals surface area contributed by atoms with E-state index in [1.807, 2.05) is 31.2 Å². The predicted molar refractivity (Wildman–Crippen MR) is 101 cm³/mol. The summed E-state index contributed by atoms with van der Waals surface area (Å²) < 4.78 is 10.1. The Hall–Kier alpha value is -2.67. The number of rotatable bonds is 10. The molecule has 0 atom stereocenters. The molecule has 7 nitrogen and oxygen atoms in total. The third-order valence-corrected chi connectivity index (χ3v) is 3.75. The summed E-state index contributed by atoms with van der Waals surface area (Å²) in [4.78, 5) is 20.9. The number of amides is 1. The molecule has 2 rings (SSSR count). The second-order valence-electron chi connectivity index (χ2n) is 5.85. The van der Waals surface area contributed by atoms with Crippen LogP contribution in [0.5, 0.6) is 5.75 Å². The van der Waals surface area contributed by atoms with Crippen molar-refractivity contribution in [1.29, 1.82) is 0 Å². The van der Waals surface area contributed by atoms with Crippen molar-refractivity contribution in [1.82, 2.24) is 15.3 Å². The van der Waals surface area contributed by atoms with Crippen LogP contribution >= 0.6 is 0 Å². The Morgan fingerprint density at radius 3 is 2.58 bits per heavy atom. The van der Waals surface area contributed by atoms with Gasteiger partial charge in [-0.2, -0.15) is 0 Å². The topological polar surface area (TPSA) is 85.4 Å². The van der Waals surface area contributed by atoms with E-state index in [1.165, 1.54) is 0 Å². The van der Waals surface area contributed by atoms with Gasteiger partial charge < -0.3 is 20.1 Å². The molecule has 2 N–H and O–H groups in total. The Kier molecular flexibility index (Phi) is 7.82. The van der Waals surface area contributed by atoms with E-state index in [0.29, 0.717) is 31.3 Å². The normalized spacial score (nSPS) is 10.4. The molecule has 0 aliphatic rings. The Balaban J connectivity index is 1.86. The molecule has 1 aromatic heterocycles. The van der Waals surface area contributed by atoms with Crippen LogP contribution in [-0.2, 0) is 11.2 Å². The van der Waals surface area contributed by atoms with Crippen molar-refractivity contribution in [3.05, 3.63) is 47.3 Å². The van der Waals surface area contributed by atoms with Crippen LogP contribution in [-0.4, -0.2) is 49.8 Å². The number of benzene rings is 1. The fraction of sp³-hybridized carbons (Fsp3) is 0.421. The second kappa shape index (κ2) is 10.4. The molecule has 140 valence electrons. The number of nitrogens with one attached hydrogen (secondary N) is 2. The summed E-state index contributed by atoms with van der Waals surface area (Å²) in [5.41, 5.74) is 2.24. The molecule has 0 saturated carbocycles. The lowest BCUT2D eigenvalue weighted by Gasteiger charge is -2.09. The highest BCUT2D eigenvalue weighted by Gasteiger charge is 2.10. The summed E-state index contributed by atoms with van der Waals surface area (Å²) in [7, 11) is 3.30. The average molecular weight is 358 g/mol. The van der Waals surface area contributed by atoms with Crippen LogP contribution < -0.4 is 15.4 Å². The number of hydrogen-bond acceptors (Lipinski definition) is 6. The van der Waals surface area contributed by atoms with E-state index in [1.54, 1.807) is 20.3 Å². The third-order valence-electron chi connectivity index (χ3n) is 3.75. The molecule has 0 radical (unpaired) electrons. The Morgan fingerprint density at radius 2 is 1.88 bits per heavy atom. The molecule has 0 fully saturated rings. The van der Waals surface area contributed by atoms with Crippen LogP contribution in [0.25, 0.3) is 0 Å². The third kappa shape index (κ3) is 6.33. The predicted octanol–water partition coefficient (Wildman–Crippen LogP) is 2.21. The lowest BCUT2D eigenvalue weighted by atomic mass is 10.1. The zero-order valence-electron chi connectivity index (χ0n) is 15.5. The molecule has 26 heavy (non-hydrogen) atoms. The lowest BCUT2D eigenvalue weighted by molar-refractivity contribution is 0.0949. The molecule has 0 aliphatic carbocycles. The van der Waals surface area contributed by atoms with E-state index >= 15 is 0 Å². The molecule has 0 bridgehead atoms. The molecule has 1 heterocycles. The minimum absolute atomic E-state index is 0.205. The Labute approximate surface area is 154 Å². The van der Waals surface area contributed by atoms with Crippen LogP contribution in [0, 0.1) is 6.92 Å². The van der Waals surface area contributed by atoms with E-state index < -0.39 is 0 Å². The number of methoxy groups -OCH3 is 2. The maximum absolute atomic E-state index is 12.3. The standard InChI is InChI=1S/C19H26N4O3/c1-14-13-17(23-19(22-14)21-10-4-12-25-2)18(24)20-11-9-15-5-7-16(26-3)8-6-15/h5-8,13H,4,9-12H2,1-3H3,(H,20,24)(H,21,22,23). The first kappa shape index (κ1) is 19.7. The molecule has 0 spiro atoms. The quantitative estimate of drug-likeness (QED) is 0.634. The highest BCUT2D eigenvalue weighted by Crippen LogP contribution is 2.11. The van der Waals surface area contributed by atoms with Crippen LogP contribution in [0.4, 0.5) is 5.95 Å². The summed E-state index contributed by atoms with van der Waals surface area (Å²) in [5, 5.41) is 6.01. The largest absolute Gasteiger partial charge is 0.497 e. The van der Waals surface area contributed by atoms with Crippen molar-refractivity contribution >= 4 is 11.9 Å². The first-order chi connectivity index (χ1) is 12.6. The zero-order valence-corrected chi connectivity index (χ0v) is 15.5. The van der Waals surface area contributed by atoms with Crippen molar-refractivity contribution < 1.29 is 14.3 Å². The van der Waals surface area contributed by atoms with Crippen LogP contribution in [0.1, 0.15) is 28.2 Å². The van der Waals surface area contributed by atoms with Gasteiger partial charge in [0.2, 0.25) is 5.95 Å². The van der Waals surface area contributed by atoms with Gasteiger partial charge in [-0.3, -0.25) is 4.79 Å². The fourth-order valence-electron chi connectivity index (χ4n) is 2.38. The first-order valence-corrected chi connectivity index (χ1v) is 8.62. The van der Waals surface area contributed by atoms with Crippen LogP contribution in [0.3, 0.4) is 0 Å². The van der Waals surface area contributed by atoms with Crippen molar-refractivity contribution in [2.24, 2.45) is 0 Å². The van der Waals surface area contributed by atoms with Gasteiger partial charge in [-0.15, -0.1) is 0 Å². The van der Waals surface area contributed by atoms with Crippen LogP contribution in [0.2, 0.25) is 0 Å². The van der Waals surface area contributed by atoms with Gasteiger partial charge in [0.05, 0.1) is 7.11 Å². The minimum Gasteiger partial charge on any atom is -0.497 e. The molecular weight excluding hydrogens is 332 g/mol. The lowest BCUT2D eigenvalue weighted by Crippen LogP contribution is -2.27. The summed E-state index contributed by atoms with van der Waals surface area (Å²) in [6, 6.07) is 9.48. The van der Waals surface area contributed by atoms with Crippen molar-refractivity contribution in [3.63, 3.8) is 0 Å². The summed E-state index contributed by atoms with van der Waals surface area (Å²) >= 11 is 0. The smallest absolute Gasteiger partial charge is 0.270 e. The molecular formula is C19H26N4O3. The molecule has 1 amide bonds. The van der Waals surface area contributed by atoms with Crippen molar-refractivity contribution in [3.8, 4) is 5.75 Å². The summed E-state index contributed by atoms with van der Waals surface area (Å²) in [6.07, 6.45) is 1.58. The number of nitrogens with zero attached hydrogens (tertiary/aromatic N) is 2. The van der Waals surface area contributed by atoms with Crippen molar-refractivity contribution in [2.75, 3.05) is 39.2 Å². The van der Waals surface area contributed by atoms with Gasteiger partial charge in [0.25, 0.3) is 5.91 Å². The monoisotopic (exact) mass is 358 g/mol. The molecule has 7 heteroatoms. The number of aromatic nitrogens is 2. The van der Waals surface area contributed by atoms with Crippen molar-refractivity contribution in [2.45, 2.75) is 19.8 Å². The molecule has 0 unspecified atom stereocenters. The number of hydrogen-bond donors (Lipinski definition) is 2. The number of ether oxygens (including phenoxy) is 2. The SMILES string of the molecule is COCCCNc1nc(C)cc(C(=O)NCCc2ccc(OC)cc2)n1. The van der Waals surface area contributed by atoms with Gasteiger partial charge in [-0.1, -0.05) is 12.1 Å². The molecule has 0 saturated heterocycles. The van der Waals surface area contributed by atoms with E-state index in [-0.39, 0.29) is 5.91 Å². The maximum atomic E-state index is 12.3. The second-order valence-corrected chi connectivity index (χ2v) is 5.85. The number of carbonyl (C=O) groups excluding carboxylic acids is 1. The highest BCUT2D eigenvalue weighted by atomic mass is 16.5. The Morgan fingerprint density at radius 1 is 1.12 bits per heavy atom. The fourth-order valence-corrected chi connectivity index (χ4v) is 2.38. The van der Waals surface area contributed by atoms with Gasteiger partial charge in [-0.05, 0) is 43.5 Å². The van der Waals surface area contributed by atoms with Crippen LogP contribution in [0.15, 0.2) is 30.3 Å². The first-order valence-electron chi connectivity index (χ1n) is 8.62. The van der Waals surface area contributed by atoms with Gasteiger partial charge in [0.15, 0.2) is 0 Å². The zero-order chi connectivity index (χ0) is 18.8. The van der Waals surface area contributed by atoms with E-state index in [9.17, 15) is 4.79 Å². The van der Waals surface area contributed by atoms with Gasteiger partial charge in [0, 0.05) is 32.5 Å². The van der Waals surface area contributed by atoms with E-state index in [0.717, 1.165) is 29.8 Å².